The van der Waals surface area contributed by atoms with Gasteiger partial charge in [0.05, 0.1) is 18.2 Å². The van der Waals surface area contributed by atoms with Crippen LogP contribution in [-0.4, -0.2) is 23.2 Å². The van der Waals surface area contributed by atoms with Crippen LogP contribution < -0.4 is 4.74 Å². The average Bonchev–Trinajstić information content (AvgIpc) is 2.18. The van der Waals surface area contributed by atoms with E-state index in [1.807, 2.05) is 0 Å². The molecular weight excluding hydrogens is 299 g/mol. The van der Waals surface area contributed by atoms with Crippen LogP contribution in [0.4, 0.5) is 0 Å². The zero-order chi connectivity index (χ0) is 12.2. The zero-order valence-corrected chi connectivity index (χ0v) is 11.1. The molecule has 0 bridgehead atoms. The number of ether oxygens (including phenoxy) is 2. The summed E-state index contributed by atoms with van der Waals surface area (Å²) in [7, 11) is -2.55. The predicted molar refractivity (Wildman–Crippen MR) is 62.4 cm³/mol. The maximum Gasteiger partial charge on any atom is 0.350 e. The van der Waals surface area contributed by atoms with E-state index in [-0.39, 0.29) is 6.61 Å². The third-order valence-electron chi connectivity index (χ3n) is 1.74. The molecule has 5 nitrogen and oxygen atoms in total. The lowest BCUT2D eigenvalue weighted by atomic mass is 10.2. The lowest BCUT2D eigenvalue weighted by molar-refractivity contribution is 0.144. The van der Waals surface area contributed by atoms with Gasteiger partial charge in [-0.25, -0.2) is 0 Å². The molecule has 0 atom stereocenters. The third-order valence-corrected chi connectivity index (χ3v) is 2.92. The average molecular weight is 311 g/mol. The number of benzene rings is 1. The summed E-state index contributed by atoms with van der Waals surface area (Å²) in [5.74, 6) is 0.650. The van der Waals surface area contributed by atoms with Gasteiger partial charge in [-0.2, -0.15) is 0 Å². The maximum atomic E-state index is 10.5. The largest absolute Gasteiger partial charge is 0.496 e. The van der Waals surface area contributed by atoms with Crippen LogP contribution in [0.3, 0.4) is 0 Å². The number of rotatable bonds is 5. The number of methoxy groups -OCH3 is 1. The molecule has 0 fully saturated rings. The van der Waals surface area contributed by atoms with Crippen molar-refractivity contribution in [1.29, 1.82) is 0 Å². The van der Waals surface area contributed by atoms with Gasteiger partial charge < -0.3 is 19.3 Å². The minimum atomic E-state index is -4.09. The van der Waals surface area contributed by atoms with E-state index < -0.39 is 13.9 Å². The first kappa shape index (κ1) is 13.7. The smallest absolute Gasteiger partial charge is 0.350 e. The van der Waals surface area contributed by atoms with Gasteiger partial charge in [-0.3, -0.25) is 4.57 Å². The second kappa shape index (κ2) is 5.80. The minimum absolute atomic E-state index is 0.134. The van der Waals surface area contributed by atoms with E-state index in [9.17, 15) is 4.57 Å². The van der Waals surface area contributed by atoms with Crippen LogP contribution in [0.5, 0.6) is 5.75 Å². The quantitative estimate of drug-likeness (QED) is 0.815. The first-order valence-corrected chi connectivity index (χ1v) is 6.96. The van der Waals surface area contributed by atoms with Crippen LogP contribution in [0.1, 0.15) is 5.56 Å². The van der Waals surface area contributed by atoms with E-state index >= 15 is 0 Å². The fourth-order valence-corrected chi connectivity index (χ4v) is 1.81. The Morgan fingerprint density at radius 3 is 2.69 bits per heavy atom. The second-order valence-electron chi connectivity index (χ2n) is 3.11. The summed E-state index contributed by atoms with van der Waals surface area (Å²) in [6.45, 7) is 0.134. The first-order valence-electron chi connectivity index (χ1n) is 4.37. The van der Waals surface area contributed by atoms with Gasteiger partial charge in [-0.1, -0.05) is 6.07 Å². The van der Waals surface area contributed by atoms with Crippen molar-refractivity contribution < 1.29 is 23.8 Å². The summed E-state index contributed by atoms with van der Waals surface area (Å²) in [5.41, 5.74) is 0.786. The predicted octanol–water partition coefficient (Wildman–Crippen LogP) is 2.11. The van der Waals surface area contributed by atoms with Crippen molar-refractivity contribution >= 4 is 23.5 Å². The molecule has 0 radical (unpaired) electrons. The molecule has 0 heterocycles. The highest BCUT2D eigenvalue weighted by Crippen LogP contribution is 2.34. The normalized spacial score (nSPS) is 11.5. The van der Waals surface area contributed by atoms with Gasteiger partial charge in [0.1, 0.15) is 12.1 Å². The molecule has 0 amide bonds. The molecule has 0 aliphatic heterocycles. The Balaban J connectivity index is 2.58. The summed E-state index contributed by atoms with van der Waals surface area (Å²) < 4.78 is 21.3. The van der Waals surface area contributed by atoms with Gasteiger partial charge in [0, 0.05) is 0 Å². The Kier molecular flexibility index (Phi) is 4.95. The van der Waals surface area contributed by atoms with Gasteiger partial charge in [0.2, 0.25) is 0 Å². The van der Waals surface area contributed by atoms with Crippen molar-refractivity contribution in [3.05, 3.63) is 28.2 Å². The van der Waals surface area contributed by atoms with Crippen molar-refractivity contribution in [2.24, 2.45) is 0 Å². The molecule has 1 rings (SSSR count). The first-order chi connectivity index (χ1) is 7.42. The SMILES string of the molecule is COc1cc(COCP(=O)(O)O)ccc1Br. The summed E-state index contributed by atoms with van der Waals surface area (Å²) in [4.78, 5) is 17.2. The summed E-state index contributed by atoms with van der Waals surface area (Å²) in [6, 6.07) is 5.31. The fourth-order valence-electron chi connectivity index (χ4n) is 1.08. The standard InChI is InChI=1S/C9H12BrO5P/c1-14-9-4-7(2-3-8(9)10)5-15-6-16(11,12)13/h2-4H,5-6H2,1H3,(H2,11,12,13). The minimum Gasteiger partial charge on any atom is -0.496 e. The number of halogens is 1. The molecule has 0 aliphatic rings. The van der Waals surface area contributed by atoms with Gasteiger partial charge in [0.25, 0.3) is 0 Å². The Hall–Kier alpha value is -0.390. The van der Waals surface area contributed by atoms with E-state index in [2.05, 4.69) is 15.9 Å². The van der Waals surface area contributed by atoms with Crippen LogP contribution >= 0.6 is 23.5 Å². The Labute approximate surface area is 102 Å². The molecule has 16 heavy (non-hydrogen) atoms. The molecule has 7 heteroatoms. The molecule has 1 aromatic carbocycles. The third kappa shape index (κ3) is 4.63. The summed E-state index contributed by atoms with van der Waals surface area (Å²) >= 11 is 3.30. The lowest BCUT2D eigenvalue weighted by Gasteiger charge is -2.08. The molecule has 0 spiro atoms. The van der Waals surface area contributed by atoms with Crippen LogP contribution in [-0.2, 0) is 15.9 Å². The van der Waals surface area contributed by atoms with Crippen molar-refractivity contribution in [3.63, 3.8) is 0 Å². The molecule has 90 valence electrons. The van der Waals surface area contributed by atoms with E-state index in [4.69, 9.17) is 19.3 Å². The van der Waals surface area contributed by atoms with Crippen molar-refractivity contribution in [3.8, 4) is 5.75 Å². The molecular formula is C9H12BrO5P. The van der Waals surface area contributed by atoms with Gasteiger partial charge in [0.15, 0.2) is 0 Å². The highest BCUT2D eigenvalue weighted by Gasteiger charge is 2.12. The fraction of sp³-hybridized carbons (Fsp3) is 0.333. The summed E-state index contributed by atoms with van der Waals surface area (Å²) in [6.07, 6.45) is -0.578. The van der Waals surface area contributed by atoms with E-state index in [0.29, 0.717) is 5.75 Å². The van der Waals surface area contributed by atoms with Gasteiger partial charge in [-0.05, 0) is 33.6 Å². The molecule has 0 saturated carbocycles. The van der Waals surface area contributed by atoms with E-state index in [1.165, 1.54) is 0 Å². The van der Waals surface area contributed by atoms with Crippen molar-refractivity contribution in [2.45, 2.75) is 6.61 Å². The molecule has 2 N–H and O–H groups in total. The van der Waals surface area contributed by atoms with E-state index in [1.54, 1.807) is 25.3 Å². The molecule has 0 aromatic heterocycles. The second-order valence-corrected chi connectivity index (χ2v) is 5.55. The zero-order valence-electron chi connectivity index (χ0n) is 8.59. The Bertz CT molecular complexity index is 403. The van der Waals surface area contributed by atoms with Crippen molar-refractivity contribution in [1.82, 2.24) is 0 Å². The highest BCUT2D eigenvalue weighted by atomic mass is 79.9. The number of hydrogen-bond donors (Lipinski definition) is 2. The monoisotopic (exact) mass is 310 g/mol. The van der Waals surface area contributed by atoms with E-state index in [0.717, 1.165) is 10.0 Å². The topological polar surface area (TPSA) is 76.0 Å². The Morgan fingerprint density at radius 2 is 2.12 bits per heavy atom. The lowest BCUT2D eigenvalue weighted by Crippen LogP contribution is -1.97. The highest BCUT2D eigenvalue weighted by molar-refractivity contribution is 9.10. The van der Waals surface area contributed by atoms with Gasteiger partial charge >= 0.3 is 7.60 Å². The van der Waals surface area contributed by atoms with Crippen LogP contribution in [0.25, 0.3) is 0 Å². The molecule has 1 aromatic rings. The van der Waals surface area contributed by atoms with Crippen LogP contribution in [0.2, 0.25) is 0 Å². The molecule has 0 unspecified atom stereocenters. The summed E-state index contributed by atoms with van der Waals surface area (Å²) in [5, 5.41) is 0. The number of hydrogen-bond acceptors (Lipinski definition) is 3. The maximum absolute atomic E-state index is 10.5. The Morgan fingerprint density at radius 1 is 1.44 bits per heavy atom. The molecule has 0 aliphatic carbocycles. The van der Waals surface area contributed by atoms with Gasteiger partial charge in [-0.15, -0.1) is 0 Å². The van der Waals surface area contributed by atoms with Crippen molar-refractivity contribution in [2.75, 3.05) is 13.5 Å². The van der Waals surface area contributed by atoms with Crippen LogP contribution in [0, 0.1) is 0 Å². The molecule has 0 saturated heterocycles. The van der Waals surface area contributed by atoms with Crippen LogP contribution in [0.15, 0.2) is 22.7 Å².